The quantitative estimate of drug-likeness (QED) is 0.727. The molecule has 1 aromatic rings. The van der Waals surface area contributed by atoms with Gasteiger partial charge in [-0.05, 0) is 33.1 Å². The van der Waals surface area contributed by atoms with Gasteiger partial charge in [0.2, 0.25) is 0 Å². The molecule has 18 heavy (non-hydrogen) atoms. The van der Waals surface area contributed by atoms with E-state index in [-0.39, 0.29) is 18.7 Å². The van der Waals surface area contributed by atoms with Crippen LogP contribution in [0.25, 0.3) is 0 Å². The van der Waals surface area contributed by atoms with Crippen molar-refractivity contribution in [3.8, 4) is 0 Å². The molecule has 0 aliphatic heterocycles. The third-order valence-electron chi connectivity index (χ3n) is 2.94. The molecule has 0 aliphatic rings. The maximum absolute atomic E-state index is 9.43. The van der Waals surface area contributed by atoms with Gasteiger partial charge in [-0.3, -0.25) is 0 Å². The Morgan fingerprint density at radius 2 is 1.94 bits per heavy atom. The van der Waals surface area contributed by atoms with E-state index in [4.69, 9.17) is 5.73 Å². The number of rotatable bonds is 6. The summed E-state index contributed by atoms with van der Waals surface area (Å²) in [5.41, 5.74) is 7.55. The zero-order valence-electron chi connectivity index (χ0n) is 12.1. The number of anilines is 2. The summed E-state index contributed by atoms with van der Waals surface area (Å²) < 4.78 is 1.88. The molecule has 0 saturated heterocycles. The molecule has 5 nitrogen and oxygen atoms in total. The van der Waals surface area contributed by atoms with E-state index in [9.17, 15) is 5.11 Å². The fourth-order valence-electron chi connectivity index (χ4n) is 2.02. The molecule has 1 atom stereocenters. The minimum atomic E-state index is 0.0147. The maximum atomic E-state index is 9.43. The predicted octanol–water partition coefficient (Wildman–Crippen LogP) is 2.17. The van der Waals surface area contributed by atoms with Crippen molar-refractivity contribution < 1.29 is 5.11 Å². The standard InChI is InChI=1S/C13H26N4O/c1-8(2)6-11(7-18)15-13-12(14)10(5)16-17(13)9(3)4/h8-9,11,15,18H,6-7,14H2,1-5H3. The summed E-state index contributed by atoms with van der Waals surface area (Å²) in [6.45, 7) is 10.4. The van der Waals surface area contributed by atoms with Crippen LogP contribution >= 0.6 is 0 Å². The van der Waals surface area contributed by atoms with E-state index in [2.05, 4.69) is 38.1 Å². The van der Waals surface area contributed by atoms with Gasteiger partial charge in [0.15, 0.2) is 0 Å². The first-order valence-electron chi connectivity index (χ1n) is 6.58. The van der Waals surface area contributed by atoms with Crippen LogP contribution < -0.4 is 11.1 Å². The van der Waals surface area contributed by atoms with Crippen LogP contribution in [0, 0.1) is 12.8 Å². The van der Waals surface area contributed by atoms with Gasteiger partial charge in [-0.25, -0.2) is 4.68 Å². The van der Waals surface area contributed by atoms with Crippen molar-refractivity contribution in [3.63, 3.8) is 0 Å². The SMILES string of the molecule is Cc1nn(C(C)C)c(NC(CO)CC(C)C)c1N. The van der Waals surface area contributed by atoms with E-state index < -0.39 is 0 Å². The first-order chi connectivity index (χ1) is 8.36. The summed E-state index contributed by atoms with van der Waals surface area (Å²) >= 11 is 0. The summed E-state index contributed by atoms with van der Waals surface area (Å²) in [5.74, 6) is 1.34. The van der Waals surface area contributed by atoms with Gasteiger partial charge in [0, 0.05) is 6.04 Å². The van der Waals surface area contributed by atoms with Crippen molar-refractivity contribution in [3.05, 3.63) is 5.69 Å². The van der Waals surface area contributed by atoms with E-state index in [1.54, 1.807) is 0 Å². The molecule has 0 spiro atoms. The molecule has 1 aromatic heterocycles. The van der Waals surface area contributed by atoms with Gasteiger partial charge in [0.05, 0.1) is 24.0 Å². The Labute approximate surface area is 109 Å². The van der Waals surface area contributed by atoms with E-state index >= 15 is 0 Å². The Balaban J connectivity index is 2.94. The molecule has 0 aromatic carbocycles. The lowest BCUT2D eigenvalue weighted by atomic mass is 10.0. The minimum absolute atomic E-state index is 0.0147. The minimum Gasteiger partial charge on any atom is -0.394 e. The van der Waals surface area contributed by atoms with Crippen molar-refractivity contribution >= 4 is 11.5 Å². The van der Waals surface area contributed by atoms with Crippen molar-refractivity contribution in [2.45, 2.75) is 53.1 Å². The van der Waals surface area contributed by atoms with Crippen molar-refractivity contribution in [2.24, 2.45) is 5.92 Å². The molecule has 1 heterocycles. The lowest BCUT2D eigenvalue weighted by Crippen LogP contribution is -2.27. The predicted molar refractivity (Wildman–Crippen MR) is 75.7 cm³/mol. The summed E-state index contributed by atoms with van der Waals surface area (Å²) in [5, 5.41) is 17.2. The number of aryl methyl sites for hydroxylation is 1. The van der Waals surface area contributed by atoms with Gasteiger partial charge in [0.1, 0.15) is 5.82 Å². The molecule has 104 valence electrons. The van der Waals surface area contributed by atoms with Gasteiger partial charge in [-0.1, -0.05) is 13.8 Å². The zero-order valence-corrected chi connectivity index (χ0v) is 12.1. The van der Waals surface area contributed by atoms with E-state index in [1.165, 1.54) is 0 Å². The van der Waals surface area contributed by atoms with Gasteiger partial charge in [0.25, 0.3) is 0 Å². The van der Waals surface area contributed by atoms with Crippen molar-refractivity contribution in [1.29, 1.82) is 0 Å². The molecule has 0 radical (unpaired) electrons. The van der Waals surface area contributed by atoms with E-state index in [1.807, 2.05) is 11.6 Å². The normalized spacial score (nSPS) is 13.3. The Kier molecular flexibility index (Phi) is 5.02. The number of nitrogens with zero attached hydrogens (tertiary/aromatic N) is 2. The number of hydrogen-bond acceptors (Lipinski definition) is 4. The third kappa shape index (κ3) is 3.38. The molecule has 1 unspecified atom stereocenters. The van der Waals surface area contributed by atoms with Crippen LogP contribution in [0.15, 0.2) is 0 Å². The summed E-state index contributed by atoms with van der Waals surface area (Å²) in [6.07, 6.45) is 0.901. The molecule has 0 saturated carbocycles. The fraction of sp³-hybridized carbons (Fsp3) is 0.769. The first kappa shape index (κ1) is 14.8. The topological polar surface area (TPSA) is 76.1 Å². The Hall–Kier alpha value is -1.23. The molecule has 1 rings (SSSR count). The van der Waals surface area contributed by atoms with Crippen LogP contribution in [0.4, 0.5) is 11.5 Å². The number of nitrogens with two attached hydrogens (primary N) is 1. The average Bonchev–Trinajstić information content (AvgIpc) is 2.55. The average molecular weight is 254 g/mol. The Morgan fingerprint density at radius 1 is 1.33 bits per heavy atom. The lowest BCUT2D eigenvalue weighted by molar-refractivity contribution is 0.258. The van der Waals surface area contributed by atoms with Crippen LogP contribution in [0.1, 0.15) is 45.9 Å². The largest absolute Gasteiger partial charge is 0.394 e. The molecule has 0 amide bonds. The Bertz CT molecular complexity index is 385. The summed E-state index contributed by atoms with van der Waals surface area (Å²) in [7, 11) is 0. The van der Waals surface area contributed by atoms with E-state index in [0.29, 0.717) is 11.6 Å². The number of nitrogen functional groups attached to an aromatic ring is 1. The molecule has 4 N–H and O–H groups in total. The fourth-order valence-corrected chi connectivity index (χ4v) is 2.02. The van der Waals surface area contributed by atoms with Gasteiger partial charge < -0.3 is 16.2 Å². The zero-order chi connectivity index (χ0) is 13.9. The number of aliphatic hydroxyl groups is 1. The Morgan fingerprint density at radius 3 is 2.39 bits per heavy atom. The van der Waals surface area contributed by atoms with Gasteiger partial charge in [-0.15, -0.1) is 0 Å². The van der Waals surface area contributed by atoms with Crippen LogP contribution in [0.5, 0.6) is 0 Å². The number of aliphatic hydroxyl groups excluding tert-OH is 1. The highest BCUT2D eigenvalue weighted by Gasteiger charge is 2.18. The van der Waals surface area contributed by atoms with Crippen LogP contribution in [-0.2, 0) is 0 Å². The molecule has 0 bridgehead atoms. The number of hydrogen-bond donors (Lipinski definition) is 3. The van der Waals surface area contributed by atoms with E-state index in [0.717, 1.165) is 17.9 Å². The monoisotopic (exact) mass is 254 g/mol. The second kappa shape index (κ2) is 6.09. The lowest BCUT2D eigenvalue weighted by Gasteiger charge is -2.21. The second-order valence-corrected chi connectivity index (χ2v) is 5.54. The smallest absolute Gasteiger partial charge is 0.148 e. The second-order valence-electron chi connectivity index (χ2n) is 5.54. The third-order valence-corrected chi connectivity index (χ3v) is 2.94. The molecular weight excluding hydrogens is 228 g/mol. The summed E-state index contributed by atoms with van der Waals surface area (Å²) in [6, 6.07) is 0.253. The van der Waals surface area contributed by atoms with Gasteiger partial charge >= 0.3 is 0 Å². The number of aromatic nitrogens is 2. The van der Waals surface area contributed by atoms with Crippen LogP contribution in [-0.4, -0.2) is 27.5 Å². The molecule has 5 heteroatoms. The number of nitrogens with one attached hydrogen (secondary N) is 1. The van der Waals surface area contributed by atoms with Crippen molar-refractivity contribution in [1.82, 2.24) is 9.78 Å². The molecule has 0 aliphatic carbocycles. The van der Waals surface area contributed by atoms with Crippen LogP contribution in [0.3, 0.4) is 0 Å². The summed E-state index contributed by atoms with van der Waals surface area (Å²) in [4.78, 5) is 0. The highest BCUT2D eigenvalue weighted by molar-refractivity contribution is 5.65. The van der Waals surface area contributed by atoms with Crippen molar-refractivity contribution in [2.75, 3.05) is 17.7 Å². The highest BCUT2D eigenvalue weighted by Crippen LogP contribution is 2.26. The highest BCUT2D eigenvalue weighted by atomic mass is 16.3. The molecule has 0 fully saturated rings. The maximum Gasteiger partial charge on any atom is 0.148 e. The first-order valence-corrected chi connectivity index (χ1v) is 6.58. The molecular formula is C13H26N4O. The van der Waals surface area contributed by atoms with Crippen LogP contribution in [0.2, 0.25) is 0 Å². The van der Waals surface area contributed by atoms with Gasteiger partial charge in [-0.2, -0.15) is 5.10 Å².